The average molecular weight is 195 g/mol. The van der Waals surface area contributed by atoms with Gasteiger partial charge in [-0.3, -0.25) is 4.84 Å². The highest BCUT2D eigenvalue weighted by Crippen LogP contribution is 2.13. The van der Waals surface area contributed by atoms with Crippen LogP contribution in [0.25, 0.3) is 0 Å². The van der Waals surface area contributed by atoms with Gasteiger partial charge >= 0.3 is 0 Å². The van der Waals surface area contributed by atoms with Gasteiger partial charge in [0.1, 0.15) is 0 Å². The van der Waals surface area contributed by atoms with Crippen molar-refractivity contribution in [3.05, 3.63) is 0 Å². The third-order valence-electron chi connectivity index (χ3n) is 1.74. The molecule has 0 radical (unpaired) electrons. The van der Waals surface area contributed by atoms with Gasteiger partial charge in [-0.1, -0.05) is 20.8 Å². The van der Waals surface area contributed by atoms with Crippen molar-refractivity contribution < 1.29 is 13.6 Å². The van der Waals surface area contributed by atoms with Crippen LogP contribution in [-0.4, -0.2) is 31.2 Å². The summed E-state index contributed by atoms with van der Waals surface area (Å²) in [7, 11) is 0. The zero-order valence-corrected chi connectivity index (χ0v) is 8.59. The lowest BCUT2D eigenvalue weighted by Gasteiger charge is -2.29. The number of hydrogen-bond donors (Lipinski definition) is 0. The summed E-state index contributed by atoms with van der Waals surface area (Å²) in [4.78, 5) is 5.01. The Bertz CT molecular complexity index is 120. The van der Waals surface area contributed by atoms with Crippen LogP contribution < -0.4 is 0 Å². The second-order valence-electron chi connectivity index (χ2n) is 2.97. The van der Waals surface area contributed by atoms with Crippen molar-refractivity contribution in [2.45, 2.75) is 33.6 Å². The van der Waals surface area contributed by atoms with Gasteiger partial charge in [0.15, 0.2) is 0 Å². The van der Waals surface area contributed by atoms with Crippen molar-refractivity contribution in [3.63, 3.8) is 0 Å². The number of halogens is 2. The van der Waals surface area contributed by atoms with Gasteiger partial charge in [0.2, 0.25) is 0 Å². The van der Waals surface area contributed by atoms with Crippen LogP contribution in [0.2, 0.25) is 0 Å². The first-order valence-electron chi connectivity index (χ1n) is 4.84. The van der Waals surface area contributed by atoms with Crippen LogP contribution in [-0.2, 0) is 4.84 Å². The maximum Gasteiger partial charge on any atom is 0.253 e. The van der Waals surface area contributed by atoms with E-state index < -0.39 is 6.43 Å². The summed E-state index contributed by atoms with van der Waals surface area (Å²) >= 11 is 0. The second kappa shape index (κ2) is 7.21. The molecule has 1 heterocycles. The molecule has 0 amide bonds. The molecule has 0 aromatic rings. The summed E-state index contributed by atoms with van der Waals surface area (Å²) in [5.41, 5.74) is 0. The summed E-state index contributed by atoms with van der Waals surface area (Å²) in [5, 5.41) is 1.36. The second-order valence-corrected chi connectivity index (χ2v) is 2.97. The fourth-order valence-electron chi connectivity index (χ4n) is 1.16. The lowest BCUT2D eigenvalue weighted by Crippen LogP contribution is -2.37. The number of hydroxylamine groups is 2. The van der Waals surface area contributed by atoms with Gasteiger partial charge in [-0.05, 0) is 12.3 Å². The molecule has 1 fully saturated rings. The number of alkyl halides is 2. The van der Waals surface area contributed by atoms with E-state index >= 15 is 0 Å². The summed E-state index contributed by atoms with van der Waals surface area (Å²) in [6.07, 6.45) is -1.32. The standard InChI is InChI=1S/C7H13F2NO.C2H6/c1-6-2-3-11-10(4-6)5-7(8)9;1-2/h6-7H,2-5H2,1H3;1-2H3/t6-;/m0./s1. The largest absolute Gasteiger partial charge is 0.299 e. The van der Waals surface area contributed by atoms with E-state index in [1.54, 1.807) is 0 Å². The Labute approximate surface area is 78.8 Å². The fraction of sp³-hybridized carbons (Fsp3) is 1.00. The van der Waals surface area contributed by atoms with Crippen molar-refractivity contribution >= 4 is 0 Å². The molecule has 1 aliphatic rings. The third-order valence-corrected chi connectivity index (χ3v) is 1.74. The Morgan fingerprint density at radius 1 is 1.46 bits per heavy atom. The van der Waals surface area contributed by atoms with E-state index in [-0.39, 0.29) is 6.54 Å². The maximum atomic E-state index is 11.8. The van der Waals surface area contributed by atoms with Crippen LogP contribution in [0, 0.1) is 5.92 Å². The van der Waals surface area contributed by atoms with Gasteiger partial charge in [-0.2, -0.15) is 5.06 Å². The molecule has 0 aromatic heterocycles. The van der Waals surface area contributed by atoms with Crippen LogP contribution in [0.4, 0.5) is 8.78 Å². The molecular weight excluding hydrogens is 176 g/mol. The molecule has 4 heteroatoms. The highest BCUT2D eigenvalue weighted by Gasteiger charge is 2.19. The summed E-state index contributed by atoms with van der Waals surface area (Å²) in [5.74, 6) is 0.475. The van der Waals surface area contributed by atoms with Crippen molar-refractivity contribution in [2.75, 3.05) is 19.7 Å². The topological polar surface area (TPSA) is 12.5 Å². The lowest BCUT2D eigenvalue weighted by molar-refractivity contribution is -0.207. The Morgan fingerprint density at radius 3 is 2.54 bits per heavy atom. The molecule has 1 saturated heterocycles. The maximum absolute atomic E-state index is 11.8. The van der Waals surface area contributed by atoms with E-state index in [0.717, 1.165) is 6.42 Å². The van der Waals surface area contributed by atoms with E-state index in [1.165, 1.54) is 5.06 Å². The third kappa shape index (κ3) is 5.93. The minimum Gasteiger partial charge on any atom is -0.299 e. The van der Waals surface area contributed by atoms with Crippen LogP contribution in [0.5, 0.6) is 0 Å². The molecule has 80 valence electrons. The summed E-state index contributed by atoms with van der Waals surface area (Å²) in [6, 6.07) is 0. The smallest absolute Gasteiger partial charge is 0.253 e. The Balaban J connectivity index is 0.000000671. The Kier molecular flexibility index (Phi) is 7.09. The Hall–Kier alpha value is -0.220. The van der Waals surface area contributed by atoms with E-state index in [9.17, 15) is 8.78 Å². The van der Waals surface area contributed by atoms with E-state index in [1.807, 2.05) is 20.8 Å². The van der Waals surface area contributed by atoms with E-state index in [4.69, 9.17) is 4.84 Å². The normalized spacial score (nSPS) is 24.0. The first-order chi connectivity index (χ1) is 6.18. The predicted octanol–water partition coefficient (Wildman–Crippen LogP) is 2.55. The molecule has 1 aliphatic heterocycles. The van der Waals surface area contributed by atoms with Crippen LogP contribution in [0.3, 0.4) is 0 Å². The first-order valence-corrected chi connectivity index (χ1v) is 4.84. The summed E-state index contributed by atoms with van der Waals surface area (Å²) < 4.78 is 23.6. The van der Waals surface area contributed by atoms with Crippen LogP contribution >= 0.6 is 0 Å². The first kappa shape index (κ1) is 12.8. The highest BCUT2D eigenvalue weighted by atomic mass is 19.3. The number of rotatable bonds is 2. The molecule has 1 atom stereocenters. The molecule has 0 aromatic carbocycles. The van der Waals surface area contributed by atoms with Crippen LogP contribution in [0.15, 0.2) is 0 Å². The fourth-order valence-corrected chi connectivity index (χ4v) is 1.16. The van der Waals surface area contributed by atoms with Gasteiger partial charge in [0, 0.05) is 6.54 Å². The van der Waals surface area contributed by atoms with Gasteiger partial charge in [-0.15, -0.1) is 0 Å². The van der Waals surface area contributed by atoms with Gasteiger partial charge < -0.3 is 0 Å². The molecule has 0 saturated carbocycles. The molecule has 0 N–H and O–H groups in total. The zero-order chi connectivity index (χ0) is 10.3. The van der Waals surface area contributed by atoms with Gasteiger partial charge in [0.25, 0.3) is 6.43 Å². The molecule has 13 heavy (non-hydrogen) atoms. The minimum atomic E-state index is -2.29. The predicted molar refractivity (Wildman–Crippen MR) is 48.7 cm³/mol. The molecule has 2 nitrogen and oxygen atoms in total. The number of hydrogen-bond acceptors (Lipinski definition) is 2. The lowest BCUT2D eigenvalue weighted by atomic mass is 10.1. The van der Waals surface area contributed by atoms with E-state index in [2.05, 4.69) is 0 Å². The van der Waals surface area contributed by atoms with Crippen molar-refractivity contribution in [3.8, 4) is 0 Å². The van der Waals surface area contributed by atoms with E-state index in [0.29, 0.717) is 19.1 Å². The average Bonchev–Trinajstić information content (AvgIpc) is 2.06. The number of nitrogens with zero attached hydrogens (tertiary/aromatic N) is 1. The van der Waals surface area contributed by atoms with Crippen molar-refractivity contribution in [1.82, 2.24) is 5.06 Å². The molecule has 0 aliphatic carbocycles. The molecular formula is C9H19F2NO. The zero-order valence-electron chi connectivity index (χ0n) is 8.59. The van der Waals surface area contributed by atoms with Crippen molar-refractivity contribution in [1.29, 1.82) is 0 Å². The van der Waals surface area contributed by atoms with Crippen molar-refractivity contribution in [2.24, 2.45) is 5.92 Å². The SMILES string of the molecule is CC.C[C@H]1CCON(CC(F)F)C1. The molecule has 0 spiro atoms. The minimum absolute atomic E-state index is 0.260. The Morgan fingerprint density at radius 2 is 2.08 bits per heavy atom. The molecule has 1 rings (SSSR count). The quantitative estimate of drug-likeness (QED) is 0.671. The monoisotopic (exact) mass is 195 g/mol. The van der Waals surface area contributed by atoms with Gasteiger partial charge in [0.05, 0.1) is 13.2 Å². The summed E-state index contributed by atoms with van der Waals surface area (Å²) in [6.45, 7) is 6.99. The molecule has 0 unspecified atom stereocenters. The van der Waals surface area contributed by atoms with Gasteiger partial charge in [-0.25, -0.2) is 8.78 Å². The molecule has 0 bridgehead atoms. The highest BCUT2D eigenvalue weighted by molar-refractivity contribution is 4.61. The van der Waals surface area contributed by atoms with Crippen LogP contribution in [0.1, 0.15) is 27.2 Å².